The number of benzene rings is 2. The molecule has 2 aromatic carbocycles. The molecule has 0 saturated heterocycles. The number of nitrogens with zero attached hydrogens (tertiary/aromatic N) is 16. The molecule has 1 aliphatic carbocycles. The SMILES string of the molecule is c1cnn(Cc2c(Cn3cccn3)c(Cn3cccn3)c3c(c2Cn2cccn2)-c2c(Cn4cccn4)c(Cn4cccn4)c(Cn4cccn4)c(Cn4cccn4)c2-3)c1. The third kappa shape index (κ3) is 6.53. The molecule has 1 aliphatic rings. The smallest absolute Gasteiger partial charge is 0.0669 e. The van der Waals surface area contributed by atoms with Crippen LogP contribution in [0.4, 0.5) is 0 Å². The Labute approximate surface area is 344 Å². The lowest BCUT2D eigenvalue weighted by Gasteiger charge is -2.39. The van der Waals surface area contributed by atoms with E-state index in [0.29, 0.717) is 52.4 Å². The lowest BCUT2D eigenvalue weighted by Crippen LogP contribution is -2.26. The molecular formula is C44H40N16. The number of hydrogen-bond donors (Lipinski definition) is 0. The van der Waals surface area contributed by atoms with Crippen LogP contribution in [-0.2, 0) is 52.4 Å². The van der Waals surface area contributed by atoms with Crippen molar-refractivity contribution in [3.8, 4) is 22.3 Å². The van der Waals surface area contributed by atoms with Crippen LogP contribution < -0.4 is 0 Å². The molecule has 0 amide bonds. The maximum atomic E-state index is 4.78. The summed E-state index contributed by atoms with van der Waals surface area (Å²) in [5, 5.41) is 38.1. The van der Waals surface area contributed by atoms with Crippen molar-refractivity contribution >= 4 is 0 Å². The fourth-order valence-electron chi connectivity index (χ4n) is 8.89. The zero-order valence-electron chi connectivity index (χ0n) is 32.7. The van der Waals surface area contributed by atoms with Crippen molar-refractivity contribution in [1.29, 1.82) is 0 Å². The van der Waals surface area contributed by atoms with Gasteiger partial charge >= 0.3 is 0 Å². The Kier molecular flexibility index (Phi) is 8.90. The first kappa shape index (κ1) is 35.3. The first-order chi connectivity index (χ1) is 29.7. The predicted octanol–water partition coefficient (Wildman–Crippen LogP) is 5.29. The lowest BCUT2D eigenvalue weighted by atomic mass is 9.66. The van der Waals surface area contributed by atoms with Gasteiger partial charge in [0, 0.05) is 99.1 Å². The molecule has 16 nitrogen and oxygen atoms in total. The fraction of sp³-hybridized carbons (Fsp3) is 0.182. The molecule has 11 rings (SSSR count). The Morgan fingerprint density at radius 1 is 0.217 bits per heavy atom. The van der Waals surface area contributed by atoms with E-state index in [9.17, 15) is 0 Å². The minimum atomic E-state index is 0.554. The van der Waals surface area contributed by atoms with Crippen LogP contribution in [0.15, 0.2) is 148 Å². The quantitative estimate of drug-likeness (QED) is 0.129. The van der Waals surface area contributed by atoms with Crippen LogP contribution in [0.25, 0.3) is 22.3 Å². The van der Waals surface area contributed by atoms with Crippen molar-refractivity contribution in [2.45, 2.75) is 52.4 Å². The summed E-state index contributed by atoms with van der Waals surface area (Å²) >= 11 is 0. The zero-order chi connectivity index (χ0) is 39.8. The first-order valence-corrected chi connectivity index (χ1v) is 19.9. The second-order valence-corrected chi connectivity index (χ2v) is 15.0. The van der Waals surface area contributed by atoms with E-state index in [-0.39, 0.29) is 0 Å². The fourth-order valence-corrected chi connectivity index (χ4v) is 8.89. The predicted molar refractivity (Wildman–Crippen MR) is 222 cm³/mol. The van der Waals surface area contributed by atoms with E-state index in [1.54, 1.807) is 0 Å². The van der Waals surface area contributed by atoms with Crippen LogP contribution in [0, 0.1) is 0 Å². The monoisotopic (exact) mass is 792 g/mol. The second-order valence-electron chi connectivity index (χ2n) is 15.0. The van der Waals surface area contributed by atoms with Crippen molar-refractivity contribution in [3.63, 3.8) is 0 Å². The van der Waals surface area contributed by atoms with Crippen LogP contribution in [0.5, 0.6) is 0 Å². The van der Waals surface area contributed by atoms with Gasteiger partial charge in [-0.1, -0.05) is 0 Å². The summed E-state index contributed by atoms with van der Waals surface area (Å²) in [4.78, 5) is 0. The molecule has 0 atom stereocenters. The molecule has 10 aromatic rings. The number of fused-ring (bicyclic) bond motifs is 4. The number of aromatic nitrogens is 16. The van der Waals surface area contributed by atoms with Crippen LogP contribution in [0.2, 0.25) is 0 Å². The van der Waals surface area contributed by atoms with E-state index in [1.165, 1.54) is 66.8 Å². The molecule has 16 heteroatoms. The number of rotatable bonds is 16. The van der Waals surface area contributed by atoms with Gasteiger partial charge in [0.25, 0.3) is 0 Å². The first-order valence-electron chi connectivity index (χ1n) is 19.9. The maximum absolute atomic E-state index is 4.78. The van der Waals surface area contributed by atoms with Gasteiger partial charge in [0.1, 0.15) is 0 Å². The van der Waals surface area contributed by atoms with E-state index < -0.39 is 0 Å². The molecule has 8 aromatic heterocycles. The van der Waals surface area contributed by atoms with Gasteiger partial charge in [0.15, 0.2) is 0 Å². The molecule has 0 radical (unpaired) electrons. The van der Waals surface area contributed by atoms with E-state index in [2.05, 4.69) is 0 Å². The third-order valence-corrected chi connectivity index (χ3v) is 11.4. The molecule has 0 N–H and O–H groups in total. The van der Waals surface area contributed by atoms with Crippen LogP contribution in [0.3, 0.4) is 0 Å². The summed E-state index contributed by atoms with van der Waals surface area (Å²) in [6, 6.07) is 15.9. The number of hydrogen-bond acceptors (Lipinski definition) is 8. The van der Waals surface area contributed by atoms with Crippen molar-refractivity contribution in [2.24, 2.45) is 0 Å². The highest BCUT2D eigenvalue weighted by molar-refractivity contribution is 6.10. The van der Waals surface area contributed by atoms with E-state index >= 15 is 0 Å². The van der Waals surface area contributed by atoms with E-state index in [0.717, 1.165) is 0 Å². The van der Waals surface area contributed by atoms with Gasteiger partial charge < -0.3 is 0 Å². The Balaban J connectivity index is 1.28. The Morgan fingerprint density at radius 2 is 0.367 bits per heavy atom. The standard InChI is InChI=1S/C44H40N16/c1-9-45-53(17-1)25-33-34(26-54-18-2-10-46-54)38(30-58-22-6-14-50-58)42-41(37(33)29-57-21-5-13-49-57)43-39(31-59-23-7-15-51-59)35(27-55-19-3-11-47-55)36(28-56-20-4-12-48-56)40(44(42)43)32-60-24-8-16-52-60/h1-24H,25-32H2. The van der Waals surface area contributed by atoms with Gasteiger partial charge in [-0.05, 0) is 115 Å². The summed E-state index contributed by atoms with van der Waals surface area (Å²) in [7, 11) is 0. The average molecular weight is 793 g/mol. The summed E-state index contributed by atoms with van der Waals surface area (Å²) in [5.74, 6) is 0. The Morgan fingerprint density at radius 3 is 0.500 bits per heavy atom. The van der Waals surface area contributed by atoms with Crippen molar-refractivity contribution < 1.29 is 0 Å². The zero-order valence-corrected chi connectivity index (χ0v) is 32.7. The molecule has 0 saturated carbocycles. The Bertz CT molecular complexity index is 2520. The van der Waals surface area contributed by atoms with Crippen LogP contribution in [0.1, 0.15) is 44.5 Å². The molecule has 0 aliphatic heterocycles. The minimum absolute atomic E-state index is 0.554. The van der Waals surface area contributed by atoms with Crippen molar-refractivity contribution in [2.75, 3.05) is 0 Å². The third-order valence-electron chi connectivity index (χ3n) is 11.4. The molecule has 296 valence electrons. The topological polar surface area (TPSA) is 143 Å². The normalized spacial score (nSPS) is 11.9. The summed E-state index contributed by atoms with van der Waals surface area (Å²) < 4.78 is 16.2. The van der Waals surface area contributed by atoms with E-state index in [4.69, 9.17) is 40.8 Å². The molecule has 0 bridgehead atoms. The van der Waals surface area contributed by atoms with Crippen LogP contribution in [-0.4, -0.2) is 78.2 Å². The second kappa shape index (κ2) is 15.1. The molecule has 0 fully saturated rings. The average Bonchev–Trinajstić information content (AvgIpc) is 4.09. The highest BCUT2D eigenvalue weighted by Crippen LogP contribution is 2.58. The van der Waals surface area contributed by atoms with Crippen LogP contribution >= 0.6 is 0 Å². The summed E-state index contributed by atoms with van der Waals surface area (Å²) in [5.41, 5.74) is 14.4. The molecule has 0 unspecified atom stereocenters. The van der Waals surface area contributed by atoms with Gasteiger partial charge in [-0.2, -0.15) is 40.8 Å². The summed E-state index contributed by atoms with van der Waals surface area (Å²) in [6.07, 6.45) is 31.0. The minimum Gasteiger partial charge on any atom is -0.268 e. The largest absolute Gasteiger partial charge is 0.268 e. The van der Waals surface area contributed by atoms with Gasteiger partial charge in [0.05, 0.1) is 52.4 Å². The summed E-state index contributed by atoms with van der Waals surface area (Å²) in [6.45, 7) is 4.44. The van der Waals surface area contributed by atoms with Crippen molar-refractivity contribution in [3.05, 3.63) is 192 Å². The lowest BCUT2D eigenvalue weighted by molar-refractivity contribution is 0.612. The van der Waals surface area contributed by atoms with Gasteiger partial charge in [0.2, 0.25) is 0 Å². The molecule has 60 heavy (non-hydrogen) atoms. The van der Waals surface area contributed by atoms with E-state index in [1.807, 2.05) is 185 Å². The molecular weight excluding hydrogens is 753 g/mol. The highest BCUT2D eigenvalue weighted by atomic mass is 15.3. The van der Waals surface area contributed by atoms with Gasteiger partial charge in [-0.3, -0.25) is 37.5 Å². The molecule has 0 spiro atoms. The Hall–Kier alpha value is -7.88. The highest BCUT2D eigenvalue weighted by Gasteiger charge is 2.40. The molecule has 8 heterocycles. The maximum Gasteiger partial charge on any atom is 0.0669 e. The van der Waals surface area contributed by atoms with Crippen molar-refractivity contribution in [1.82, 2.24) is 78.2 Å². The van der Waals surface area contributed by atoms with Gasteiger partial charge in [-0.15, -0.1) is 0 Å². The van der Waals surface area contributed by atoms with Gasteiger partial charge in [-0.25, -0.2) is 0 Å².